The van der Waals surface area contributed by atoms with Gasteiger partial charge in [0.1, 0.15) is 5.69 Å². The molecule has 2 heterocycles. The van der Waals surface area contributed by atoms with Gasteiger partial charge in [0.2, 0.25) is 0 Å². The van der Waals surface area contributed by atoms with E-state index in [2.05, 4.69) is 38.1 Å². The molecule has 2 aromatic heterocycles. The summed E-state index contributed by atoms with van der Waals surface area (Å²) in [5.74, 6) is -0.196. The van der Waals surface area contributed by atoms with E-state index in [0.717, 1.165) is 26.2 Å². The summed E-state index contributed by atoms with van der Waals surface area (Å²) in [4.78, 5) is 12.6. The van der Waals surface area contributed by atoms with Gasteiger partial charge in [0.15, 0.2) is 0 Å². The number of nitrogens with zero attached hydrogens (tertiary/aromatic N) is 4. The average molecular weight is 470 g/mol. The lowest BCUT2D eigenvalue weighted by molar-refractivity contribution is 0.101. The Morgan fingerprint density at radius 3 is 2.76 bits per heavy atom. The topological polar surface area (TPSA) is 64.7 Å². The molecule has 25 heavy (non-hydrogen) atoms. The van der Waals surface area contributed by atoms with Crippen LogP contribution in [0.5, 0.6) is 0 Å². The van der Waals surface area contributed by atoms with Crippen molar-refractivity contribution in [1.82, 2.24) is 19.6 Å². The maximum Gasteiger partial charge on any atom is 0.275 e. The van der Waals surface area contributed by atoms with E-state index in [-0.39, 0.29) is 5.91 Å². The Labute approximate surface area is 164 Å². The van der Waals surface area contributed by atoms with Crippen molar-refractivity contribution in [3.8, 4) is 0 Å². The Hall–Kier alpha value is -1.87. The molecule has 0 aliphatic carbocycles. The maximum atomic E-state index is 12.6. The monoisotopic (exact) mass is 469 g/mol. The molecule has 130 valence electrons. The van der Waals surface area contributed by atoms with E-state index in [4.69, 9.17) is 11.6 Å². The lowest BCUT2D eigenvalue weighted by Crippen LogP contribution is -2.18. The Balaban J connectivity index is 1.86. The van der Waals surface area contributed by atoms with Gasteiger partial charge >= 0.3 is 0 Å². The predicted molar refractivity (Wildman–Crippen MR) is 106 cm³/mol. The first-order chi connectivity index (χ1) is 11.9. The van der Waals surface area contributed by atoms with Crippen molar-refractivity contribution in [3.05, 3.63) is 61.7 Å². The van der Waals surface area contributed by atoms with Gasteiger partial charge in [-0.05, 0) is 54.1 Å². The van der Waals surface area contributed by atoms with Crippen LogP contribution in [-0.4, -0.2) is 25.5 Å². The van der Waals surface area contributed by atoms with E-state index < -0.39 is 0 Å². The Morgan fingerprint density at radius 2 is 2.12 bits per heavy atom. The van der Waals surface area contributed by atoms with Crippen molar-refractivity contribution in [3.63, 3.8) is 0 Å². The molecule has 0 spiro atoms. The Morgan fingerprint density at radius 1 is 1.36 bits per heavy atom. The first-order valence-corrected chi connectivity index (χ1v) is 9.09. The summed E-state index contributed by atoms with van der Waals surface area (Å²) in [5.41, 5.74) is 3.97. The summed E-state index contributed by atoms with van der Waals surface area (Å²) in [5, 5.41) is 12.3. The number of benzene rings is 1. The van der Waals surface area contributed by atoms with E-state index >= 15 is 0 Å². The van der Waals surface area contributed by atoms with Crippen LogP contribution in [0.4, 0.5) is 5.69 Å². The minimum Gasteiger partial charge on any atom is -0.317 e. The van der Waals surface area contributed by atoms with Crippen LogP contribution in [0.1, 0.15) is 27.4 Å². The van der Waals surface area contributed by atoms with Crippen LogP contribution in [-0.2, 0) is 13.6 Å². The molecule has 1 amide bonds. The first kappa shape index (κ1) is 17.9. The molecule has 0 saturated heterocycles. The number of aryl methyl sites for hydroxylation is 2. The molecular weight excluding hydrogens is 453 g/mol. The van der Waals surface area contributed by atoms with Crippen molar-refractivity contribution in [2.24, 2.45) is 7.05 Å². The number of rotatable bonds is 4. The molecule has 0 aliphatic heterocycles. The van der Waals surface area contributed by atoms with Gasteiger partial charge in [-0.1, -0.05) is 23.7 Å². The summed E-state index contributed by atoms with van der Waals surface area (Å²) in [6.07, 6.45) is 1.66. The number of aromatic nitrogens is 4. The van der Waals surface area contributed by atoms with Gasteiger partial charge in [-0.15, -0.1) is 0 Å². The van der Waals surface area contributed by atoms with Crippen LogP contribution in [0, 0.1) is 17.4 Å². The quantitative estimate of drug-likeness (QED) is 0.591. The van der Waals surface area contributed by atoms with Gasteiger partial charge in [-0.25, -0.2) is 0 Å². The van der Waals surface area contributed by atoms with Crippen molar-refractivity contribution in [2.75, 3.05) is 5.32 Å². The van der Waals surface area contributed by atoms with Gasteiger partial charge in [-0.3, -0.25) is 14.2 Å². The normalized spacial score (nSPS) is 10.9. The Kier molecular flexibility index (Phi) is 5.14. The number of carbonyl (C=O) groups excluding carboxylic acids is 1. The second kappa shape index (κ2) is 7.17. The fourth-order valence-corrected chi connectivity index (χ4v) is 3.61. The Bertz CT molecular complexity index is 927. The molecule has 0 saturated carbocycles. The summed E-state index contributed by atoms with van der Waals surface area (Å²) in [6.45, 7) is 4.41. The number of halogens is 2. The van der Waals surface area contributed by atoms with E-state index in [1.165, 1.54) is 0 Å². The molecule has 3 aromatic rings. The molecule has 0 bridgehead atoms. The molecule has 0 radical (unpaired) electrons. The summed E-state index contributed by atoms with van der Waals surface area (Å²) >= 11 is 8.15. The third-order valence-corrected chi connectivity index (χ3v) is 4.98. The number of hydrogen-bond donors (Lipinski definition) is 1. The van der Waals surface area contributed by atoms with Crippen molar-refractivity contribution in [1.29, 1.82) is 0 Å². The lowest BCUT2D eigenvalue weighted by Gasteiger charge is -2.08. The van der Waals surface area contributed by atoms with Gasteiger partial charge < -0.3 is 5.32 Å². The van der Waals surface area contributed by atoms with E-state index in [9.17, 15) is 4.79 Å². The molecule has 0 unspecified atom stereocenters. The van der Waals surface area contributed by atoms with Crippen LogP contribution < -0.4 is 5.32 Å². The zero-order chi connectivity index (χ0) is 18.1. The van der Waals surface area contributed by atoms with Crippen LogP contribution in [0.15, 0.2) is 30.5 Å². The minimum absolute atomic E-state index is 0.196. The van der Waals surface area contributed by atoms with Crippen molar-refractivity contribution >= 4 is 45.8 Å². The molecule has 0 aliphatic rings. The SMILES string of the molecule is Cc1nn(Cc2cccc(Cl)c2)c(C)c1NC(=O)c1c(I)cnn1C. The van der Waals surface area contributed by atoms with Gasteiger partial charge in [0, 0.05) is 12.1 Å². The van der Waals surface area contributed by atoms with Crippen molar-refractivity contribution < 1.29 is 4.79 Å². The highest BCUT2D eigenvalue weighted by Crippen LogP contribution is 2.22. The summed E-state index contributed by atoms with van der Waals surface area (Å²) in [6, 6.07) is 7.66. The fraction of sp³-hybridized carbons (Fsp3) is 0.235. The molecule has 1 N–H and O–H groups in total. The number of nitrogens with one attached hydrogen (secondary N) is 1. The molecule has 0 atom stereocenters. The molecule has 3 rings (SSSR count). The lowest BCUT2D eigenvalue weighted by atomic mass is 10.2. The van der Waals surface area contributed by atoms with Gasteiger partial charge in [-0.2, -0.15) is 10.2 Å². The van der Waals surface area contributed by atoms with E-state index in [1.54, 1.807) is 17.9 Å². The largest absolute Gasteiger partial charge is 0.317 e. The molecule has 0 fully saturated rings. The van der Waals surface area contributed by atoms with Crippen LogP contribution in [0.3, 0.4) is 0 Å². The zero-order valence-corrected chi connectivity index (χ0v) is 17.0. The van der Waals surface area contributed by atoms with Gasteiger partial charge in [0.25, 0.3) is 5.91 Å². The highest BCUT2D eigenvalue weighted by molar-refractivity contribution is 14.1. The third-order valence-electron chi connectivity index (χ3n) is 3.95. The fourth-order valence-electron chi connectivity index (χ4n) is 2.68. The smallest absolute Gasteiger partial charge is 0.275 e. The average Bonchev–Trinajstić information content (AvgIpc) is 3.01. The third kappa shape index (κ3) is 3.72. The zero-order valence-electron chi connectivity index (χ0n) is 14.0. The number of anilines is 1. The summed E-state index contributed by atoms with van der Waals surface area (Å²) in [7, 11) is 1.75. The highest BCUT2D eigenvalue weighted by Gasteiger charge is 2.19. The first-order valence-electron chi connectivity index (χ1n) is 7.64. The highest BCUT2D eigenvalue weighted by atomic mass is 127. The number of carbonyl (C=O) groups is 1. The van der Waals surface area contributed by atoms with E-state index in [0.29, 0.717) is 17.3 Å². The van der Waals surface area contributed by atoms with Gasteiger partial charge in [0.05, 0.1) is 33.4 Å². The standard InChI is InChI=1S/C17H17ClIN5O/c1-10-15(21-17(25)16-14(19)8-20-23(16)3)11(2)24(22-10)9-12-5-4-6-13(18)7-12/h4-8H,9H2,1-3H3,(H,21,25). The molecule has 6 nitrogen and oxygen atoms in total. The molecule has 8 heteroatoms. The maximum absolute atomic E-state index is 12.6. The van der Waals surface area contributed by atoms with Crippen LogP contribution in [0.2, 0.25) is 5.02 Å². The van der Waals surface area contributed by atoms with Crippen LogP contribution in [0.25, 0.3) is 0 Å². The molecule has 1 aromatic carbocycles. The second-order valence-corrected chi connectivity index (χ2v) is 7.35. The van der Waals surface area contributed by atoms with E-state index in [1.807, 2.05) is 42.8 Å². The van der Waals surface area contributed by atoms with Crippen molar-refractivity contribution in [2.45, 2.75) is 20.4 Å². The predicted octanol–water partition coefficient (Wildman–Crippen LogP) is 3.79. The summed E-state index contributed by atoms with van der Waals surface area (Å²) < 4.78 is 4.24. The molecular formula is C17H17ClIN5O. The minimum atomic E-state index is -0.196. The number of amides is 1. The second-order valence-electron chi connectivity index (χ2n) is 5.75. The van der Waals surface area contributed by atoms with Crippen LogP contribution >= 0.6 is 34.2 Å². The number of hydrogen-bond acceptors (Lipinski definition) is 3.